The van der Waals surface area contributed by atoms with Crippen LogP contribution in [0.2, 0.25) is 0 Å². The van der Waals surface area contributed by atoms with E-state index in [1.165, 1.54) is 4.90 Å². The molecule has 120 valence electrons. The molecule has 7 nitrogen and oxygen atoms in total. The molecule has 2 amide bonds. The van der Waals surface area contributed by atoms with Gasteiger partial charge in [-0.15, -0.1) is 0 Å². The number of carboxylic acids is 1. The zero-order chi connectivity index (χ0) is 16.2. The highest BCUT2D eigenvalue weighted by molar-refractivity contribution is 5.86. The predicted octanol–water partition coefficient (Wildman–Crippen LogP) is -0.0915. The van der Waals surface area contributed by atoms with Gasteiger partial charge in [-0.2, -0.15) is 0 Å². The predicted molar refractivity (Wildman–Crippen MR) is 77.8 cm³/mol. The Balaban J connectivity index is 2.52. The van der Waals surface area contributed by atoms with Gasteiger partial charge in [-0.3, -0.25) is 19.3 Å². The Labute approximate surface area is 125 Å². The minimum atomic E-state index is -1.12. The second-order valence-electron chi connectivity index (χ2n) is 5.97. The lowest BCUT2D eigenvalue weighted by molar-refractivity contribution is -0.151. The molecule has 0 saturated heterocycles. The fourth-order valence-corrected chi connectivity index (χ4v) is 1.93. The average molecular weight is 299 g/mol. The van der Waals surface area contributed by atoms with Gasteiger partial charge < -0.3 is 15.3 Å². The first kappa shape index (κ1) is 17.4. The number of nitrogens with one attached hydrogen (secondary N) is 1. The Morgan fingerprint density at radius 3 is 2.24 bits per heavy atom. The van der Waals surface area contributed by atoms with Crippen LogP contribution in [0.3, 0.4) is 0 Å². The summed E-state index contributed by atoms with van der Waals surface area (Å²) in [5.74, 6) is -1.42. The fraction of sp³-hybridized carbons (Fsp3) is 0.786. The Hall–Kier alpha value is -1.63. The Morgan fingerprint density at radius 1 is 1.24 bits per heavy atom. The highest BCUT2D eigenvalue weighted by atomic mass is 16.4. The Bertz CT molecular complexity index is 418. The first-order valence-electron chi connectivity index (χ1n) is 7.20. The third kappa shape index (κ3) is 5.00. The normalized spacial score (nSPS) is 14.9. The van der Waals surface area contributed by atoms with Crippen molar-refractivity contribution >= 4 is 17.8 Å². The Kier molecular flexibility index (Phi) is 5.71. The van der Waals surface area contributed by atoms with E-state index in [4.69, 9.17) is 0 Å². The van der Waals surface area contributed by atoms with E-state index in [0.717, 1.165) is 12.8 Å². The number of rotatable bonds is 8. The van der Waals surface area contributed by atoms with Crippen molar-refractivity contribution in [2.24, 2.45) is 0 Å². The van der Waals surface area contributed by atoms with Gasteiger partial charge in [0, 0.05) is 13.1 Å². The molecule has 7 heteroatoms. The number of carboxylic acid groups (broad SMARTS) is 1. The zero-order valence-electron chi connectivity index (χ0n) is 13.2. The largest absolute Gasteiger partial charge is 0.480 e. The zero-order valence-corrected chi connectivity index (χ0v) is 13.2. The highest BCUT2D eigenvalue weighted by Gasteiger charge is 2.35. The van der Waals surface area contributed by atoms with Crippen molar-refractivity contribution in [1.82, 2.24) is 15.1 Å². The van der Waals surface area contributed by atoms with Gasteiger partial charge in [0.2, 0.25) is 11.8 Å². The number of carbonyl (C=O) groups excluding carboxylic acids is 2. The lowest BCUT2D eigenvalue weighted by Gasteiger charge is -2.34. The van der Waals surface area contributed by atoms with E-state index in [0.29, 0.717) is 6.54 Å². The van der Waals surface area contributed by atoms with Gasteiger partial charge in [0.05, 0.1) is 13.1 Å². The number of aliphatic carboxylic acids is 1. The van der Waals surface area contributed by atoms with E-state index < -0.39 is 11.5 Å². The molecule has 0 spiro atoms. The number of nitrogens with zero attached hydrogens (tertiary/aromatic N) is 2. The van der Waals surface area contributed by atoms with Crippen LogP contribution in [0.5, 0.6) is 0 Å². The second kappa shape index (κ2) is 6.89. The van der Waals surface area contributed by atoms with E-state index in [2.05, 4.69) is 5.32 Å². The van der Waals surface area contributed by atoms with Crippen LogP contribution in [0.1, 0.15) is 33.6 Å². The maximum atomic E-state index is 12.1. The van der Waals surface area contributed by atoms with Gasteiger partial charge in [0.25, 0.3) is 0 Å². The van der Waals surface area contributed by atoms with Crippen molar-refractivity contribution in [1.29, 1.82) is 0 Å². The molecule has 1 aliphatic rings. The molecular formula is C14H25N3O4. The molecule has 2 N–H and O–H groups in total. The third-order valence-electron chi connectivity index (χ3n) is 3.77. The molecule has 1 aliphatic carbocycles. The van der Waals surface area contributed by atoms with E-state index in [-0.39, 0.29) is 30.9 Å². The Morgan fingerprint density at radius 2 is 1.81 bits per heavy atom. The standard InChI is InChI=1S/C14H25N3O4/c1-5-17(14(2,3)13(20)21)9-12(19)16(4)8-11(18)15-10-6-7-10/h10H,5-9H2,1-4H3,(H,15,18)(H,20,21). The van der Waals surface area contributed by atoms with Crippen molar-refractivity contribution in [2.45, 2.75) is 45.2 Å². The molecule has 1 saturated carbocycles. The molecule has 1 rings (SSSR count). The second-order valence-corrected chi connectivity index (χ2v) is 5.97. The molecule has 0 heterocycles. The first-order chi connectivity index (χ1) is 9.68. The molecule has 0 aromatic rings. The maximum Gasteiger partial charge on any atom is 0.323 e. The summed E-state index contributed by atoms with van der Waals surface area (Å²) in [6.07, 6.45) is 2.00. The lowest BCUT2D eigenvalue weighted by atomic mass is 10.0. The van der Waals surface area contributed by atoms with Crippen LogP contribution in [-0.2, 0) is 14.4 Å². The van der Waals surface area contributed by atoms with Crippen molar-refractivity contribution in [2.75, 3.05) is 26.7 Å². The van der Waals surface area contributed by atoms with Crippen LogP contribution in [0.15, 0.2) is 0 Å². The number of hydrogen-bond acceptors (Lipinski definition) is 4. The quantitative estimate of drug-likeness (QED) is 0.654. The molecule has 0 radical (unpaired) electrons. The van der Waals surface area contributed by atoms with E-state index in [1.54, 1.807) is 32.7 Å². The minimum Gasteiger partial charge on any atom is -0.480 e. The van der Waals surface area contributed by atoms with E-state index in [9.17, 15) is 19.5 Å². The number of likely N-dealkylation sites (N-methyl/N-ethyl adjacent to an activating group) is 2. The fourth-order valence-electron chi connectivity index (χ4n) is 1.93. The molecule has 0 unspecified atom stereocenters. The molecular weight excluding hydrogens is 274 g/mol. The number of amides is 2. The summed E-state index contributed by atoms with van der Waals surface area (Å²) in [6.45, 7) is 5.34. The van der Waals surface area contributed by atoms with Gasteiger partial charge in [-0.25, -0.2) is 0 Å². The SMILES string of the molecule is CCN(CC(=O)N(C)CC(=O)NC1CC1)C(C)(C)C(=O)O. The van der Waals surface area contributed by atoms with Crippen LogP contribution in [0.25, 0.3) is 0 Å². The summed E-state index contributed by atoms with van der Waals surface area (Å²) in [6, 6.07) is 0.263. The molecule has 0 aromatic carbocycles. The van der Waals surface area contributed by atoms with Gasteiger partial charge in [0.15, 0.2) is 0 Å². The topological polar surface area (TPSA) is 90.0 Å². The average Bonchev–Trinajstić information content (AvgIpc) is 3.18. The van der Waals surface area contributed by atoms with Gasteiger partial charge in [-0.1, -0.05) is 6.92 Å². The summed E-state index contributed by atoms with van der Waals surface area (Å²) in [7, 11) is 1.55. The molecule has 1 fully saturated rings. The summed E-state index contributed by atoms with van der Waals surface area (Å²) >= 11 is 0. The molecule has 0 aliphatic heterocycles. The lowest BCUT2D eigenvalue weighted by Crippen LogP contribution is -2.54. The van der Waals surface area contributed by atoms with Crippen LogP contribution >= 0.6 is 0 Å². The van der Waals surface area contributed by atoms with Gasteiger partial charge in [-0.05, 0) is 33.2 Å². The third-order valence-corrected chi connectivity index (χ3v) is 3.77. The number of carbonyl (C=O) groups is 3. The van der Waals surface area contributed by atoms with Gasteiger partial charge >= 0.3 is 5.97 Å². The summed E-state index contributed by atoms with van der Waals surface area (Å²) in [5.41, 5.74) is -1.12. The molecule has 0 atom stereocenters. The van der Waals surface area contributed by atoms with Crippen LogP contribution in [0, 0.1) is 0 Å². The monoisotopic (exact) mass is 299 g/mol. The van der Waals surface area contributed by atoms with Crippen molar-refractivity contribution in [3.8, 4) is 0 Å². The molecule has 21 heavy (non-hydrogen) atoms. The van der Waals surface area contributed by atoms with E-state index >= 15 is 0 Å². The molecule has 0 bridgehead atoms. The van der Waals surface area contributed by atoms with Gasteiger partial charge in [0.1, 0.15) is 5.54 Å². The van der Waals surface area contributed by atoms with Crippen LogP contribution in [-0.4, -0.2) is 71.0 Å². The van der Waals surface area contributed by atoms with Crippen molar-refractivity contribution in [3.05, 3.63) is 0 Å². The van der Waals surface area contributed by atoms with Crippen molar-refractivity contribution < 1.29 is 19.5 Å². The summed E-state index contributed by atoms with van der Waals surface area (Å²) in [5, 5.41) is 12.0. The number of hydrogen-bond donors (Lipinski definition) is 2. The van der Waals surface area contributed by atoms with E-state index in [1.807, 2.05) is 0 Å². The summed E-state index contributed by atoms with van der Waals surface area (Å²) < 4.78 is 0. The highest BCUT2D eigenvalue weighted by Crippen LogP contribution is 2.18. The van der Waals surface area contributed by atoms with Crippen LogP contribution in [0.4, 0.5) is 0 Å². The first-order valence-corrected chi connectivity index (χ1v) is 7.20. The summed E-state index contributed by atoms with van der Waals surface area (Å²) in [4.78, 5) is 37.9. The smallest absolute Gasteiger partial charge is 0.323 e. The maximum absolute atomic E-state index is 12.1. The van der Waals surface area contributed by atoms with Crippen LogP contribution < -0.4 is 5.32 Å². The molecule has 0 aromatic heterocycles. The van der Waals surface area contributed by atoms with Crippen molar-refractivity contribution in [3.63, 3.8) is 0 Å². The minimum absolute atomic E-state index is 0.000385.